The molecule has 1 aromatic carbocycles. The highest BCUT2D eigenvalue weighted by molar-refractivity contribution is 5.87. The highest BCUT2D eigenvalue weighted by Gasteiger charge is 2.31. The van der Waals surface area contributed by atoms with Crippen LogP contribution in [0.3, 0.4) is 0 Å². The number of benzene rings is 1. The van der Waals surface area contributed by atoms with Crippen LogP contribution in [0.4, 0.5) is 5.82 Å². The van der Waals surface area contributed by atoms with Gasteiger partial charge in [0, 0.05) is 25.5 Å². The fourth-order valence-electron chi connectivity index (χ4n) is 3.03. The van der Waals surface area contributed by atoms with Crippen LogP contribution in [0.5, 0.6) is 0 Å². The molecule has 3 rings (SSSR count). The maximum Gasteiger partial charge on any atom is 0.242 e. The monoisotopic (exact) mass is 284 g/mol. The van der Waals surface area contributed by atoms with Crippen LogP contribution in [0.2, 0.25) is 0 Å². The lowest BCUT2D eigenvalue weighted by atomic mass is 10.1. The van der Waals surface area contributed by atoms with Gasteiger partial charge in [-0.1, -0.05) is 18.2 Å². The number of nitrogens with zero attached hydrogens (tertiary/aromatic N) is 2. The number of fused-ring (bicyclic) bond motifs is 1. The van der Waals surface area contributed by atoms with Crippen LogP contribution >= 0.6 is 0 Å². The van der Waals surface area contributed by atoms with Crippen molar-refractivity contribution in [2.24, 2.45) is 5.73 Å². The summed E-state index contributed by atoms with van der Waals surface area (Å²) in [4.78, 5) is 18.8. The van der Waals surface area contributed by atoms with Gasteiger partial charge in [0.15, 0.2) is 0 Å². The van der Waals surface area contributed by atoms with Crippen molar-refractivity contribution >= 4 is 22.6 Å². The fraction of sp³-hybridized carbons (Fsp3) is 0.375. The largest absolute Gasteiger partial charge is 0.357 e. The zero-order valence-corrected chi connectivity index (χ0v) is 12.2. The molecule has 0 radical (unpaired) electrons. The second kappa shape index (κ2) is 5.69. The molecule has 1 aromatic heterocycles. The van der Waals surface area contributed by atoms with E-state index in [1.54, 1.807) is 7.05 Å². The second-order valence-electron chi connectivity index (χ2n) is 5.33. The second-order valence-corrected chi connectivity index (χ2v) is 5.33. The fourth-order valence-corrected chi connectivity index (χ4v) is 3.03. The van der Waals surface area contributed by atoms with E-state index in [0.717, 1.165) is 41.7 Å². The molecule has 0 aliphatic carbocycles. The number of para-hydroxylation sites is 1. The van der Waals surface area contributed by atoms with E-state index in [1.165, 1.54) is 0 Å². The van der Waals surface area contributed by atoms with Crippen molar-refractivity contribution in [2.45, 2.75) is 25.4 Å². The van der Waals surface area contributed by atoms with Gasteiger partial charge in [-0.25, -0.2) is 4.98 Å². The summed E-state index contributed by atoms with van der Waals surface area (Å²) in [5.74, 6) is 0.900. The van der Waals surface area contributed by atoms with Crippen LogP contribution in [0, 0.1) is 0 Å². The van der Waals surface area contributed by atoms with Gasteiger partial charge in [-0.3, -0.25) is 4.79 Å². The highest BCUT2D eigenvalue weighted by Crippen LogP contribution is 2.28. The number of pyridine rings is 1. The molecule has 2 aromatic rings. The van der Waals surface area contributed by atoms with Crippen LogP contribution < -0.4 is 16.0 Å². The molecule has 0 saturated carbocycles. The van der Waals surface area contributed by atoms with Crippen molar-refractivity contribution in [1.82, 2.24) is 10.3 Å². The summed E-state index contributed by atoms with van der Waals surface area (Å²) in [6.45, 7) is 1.32. The number of anilines is 1. The van der Waals surface area contributed by atoms with E-state index in [9.17, 15) is 4.79 Å². The number of nitrogens with two attached hydrogens (primary N) is 1. The standard InChI is InChI=1S/C16H20N4O/c1-18-16(21)14-7-4-8-20(14)15-9-11(10-17)12-5-2-3-6-13(12)19-15/h2-3,5-6,9,14H,4,7-8,10,17H2,1H3,(H,18,21). The van der Waals surface area contributed by atoms with Gasteiger partial charge < -0.3 is 16.0 Å². The van der Waals surface area contributed by atoms with Gasteiger partial charge in [0.05, 0.1) is 5.52 Å². The summed E-state index contributed by atoms with van der Waals surface area (Å²) < 4.78 is 0. The van der Waals surface area contributed by atoms with E-state index in [-0.39, 0.29) is 11.9 Å². The number of carbonyl (C=O) groups is 1. The molecule has 2 heterocycles. The molecule has 1 aliphatic heterocycles. The minimum atomic E-state index is -0.130. The average molecular weight is 284 g/mol. The Kier molecular flexibility index (Phi) is 3.75. The maximum atomic E-state index is 12.0. The smallest absolute Gasteiger partial charge is 0.242 e. The van der Waals surface area contributed by atoms with E-state index in [2.05, 4.69) is 10.2 Å². The molecule has 1 saturated heterocycles. The van der Waals surface area contributed by atoms with Crippen molar-refractivity contribution in [1.29, 1.82) is 0 Å². The minimum absolute atomic E-state index is 0.0526. The van der Waals surface area contributed by atoms with Gasteiger partial charge >= 0.3 is 0 Å². The molecule has 0 spiro atoms. The quantitative estimate of drug-likeness (QED) is 0.894. The third-order valence-electron chi connectivity index (χ3n) is 4.10. The van der Waals surface area contributed by atoms with E-state index in [1.807, 2.05) is 30.3 Å². The van der Waals surface area contributed by atoms with E-state index in [4.69, 9.17) is 10.7 Å². The summed E-state index contributed by atoms with van der Waals surface area (Å²) in [6, 6.07) is 9.88. The molecular formula is C16H20N4O. The highest BCUT2D eigenvalue weighted by atomic mass is 16.2. The molecule has 5 nitrogen and oxygen atoms in total. The Labute approximate surface area is 124 Å². The Bertz CT molecular complexity index is 670. The van der Waals surface area contributed by atoms with Gasteiger partial charge in [-0.05, 0) is 30.5 Å². The number of nitrogens with one attached hydrogen (secondary N) is 1. The zero-order valence-electron chi connectivity index (χ0n) is 12.2. The molecule has 1 amide bonds. The Morgan fingerprint density at radius 1 is 1.48 bits per heavy atom. The first kappa shape index (κ1) is 13.8. The molecule has 1 atom stereocenters. The number of aromatic nitrogens is 1. The first-order chi connectivity index (χ1) is 10.2. The third-order valence-corrected chi connectivity index (χ3v) is 4.10. The minimum Gasteiger partial charge on any atom is -0.357 e. The van der Waals surface area contributed by atoms with Crippen LogP contribution in [0.15, 0.2) is 30.3 Å². The van der Waals surface area contributed by atoms with Crippen LogP contribution in [0.25, 0.3) is 10.9 Å². The number of amides is 1. The van der Waals surface area contributed by atoms with Crippen LogP contribution in [-0.4, -0.2) is 30.5 Å². The first-order valence-corrected chi connectivity index (χ1v) is 7.31. The van der Waals surface area contributed by atoms with Gasteiger partial charge in [-0.15, -0.1) is 0 Å². The maximum absolute atomic E-state index is 12.0. The Morgan fingerprint density at radius 2 is 2.29 bits per heavy atom. The molecule has 21 heavy (non-hydrogen) atoms. The molecule has 1 fully saturated rings. The summed E-state index contributed by atoms with van der Waals surface area (Å²) in [7, 11) is 1.68. The van der Waals surface area contributed by atoms with Gasteiger partial charge in [0.25, 0.3) is 0 Å². The lowest BCUT2D eigenvalue weighted by molar-refractivity contribution is -0.121. The Balaban J connectivity index is 2.05. The molecule has 5 heteroatoms. The predicted molar refractivity (Wildman–Crippen MR) is 84.1 cm³/mol. The Hall–Kier alpha value is -2.14. The molecule has 3 N–H and O–H groups in total. The van der Waals surface area contributed by atoms with Crippen molar-refractivity contribution in [3.63, 3.8) is 0 Å². The Morgan fingerprint density at radius 3 is 3.05 bits per heavy atom. The van der Waals surface area contributed by atoms with Crippen molar-refractivity contribution in [3.05, 3.63) is 35.9 Å². The summed E-state index contributed by atoms with van der Waals surface area (Å²) in [5, 5.41) is 3.82. The molecule has 110 valence electrons. The summed E-state index contributed by atoms with van der Waals surface area (Å²) >= 11 is 0. The van der Waals surface area contributed by atoms with Crippen molar-refractivity contribution in [2.75, 3.05) is 18.5 Å². The number of likely N-dealkylation sites (N-methyl/N-ethyl adjacent to an activating group) is 1. The number of carbonyl (C=O) groups excluding carboxylic acids is 1. The predicted octanol–water partition coefficient (Wildman–Crippen LogP) is 1.41. The van der Waals surface area contributed by atoms with Crippen molar-refractivity contribution < 1.29 is 4.79 Å². The molecule has 0 bridgehead atoms. The number of hydrogen-bond donors (Lipinski definition) is 2. The third kappa shape index (κ3) is 2.45. The van der Waals surface area contributed by atoms with Crippen LogP contribution in [-0.2, 0) is 11.3 Å². The summed E-state index contributed by atoms with van der Waals surface area (Å²) in [5.41, 5.74) is 7.87. The van der Waals surface area contributed by atoms with Gasteiger partial charge in [-0.2, -0.15) is 0 Å². The first-order valence-electron chi connectivity index (χ1n) is 7.31. The molecular weight excluding hydrogens is 264 g/mol. The average Bonchev–Trinajstić information content (AvgIpc) is 3.02. The lowest BCUT2D eigenvalue weighted by Crippen LogP contribution is -2.42. The van der Waals surface area contributed by atoms with Crippen LogP contribution in [0.1, 0.15) is 18.4 Å². The van der Waals surface area contributed by atoms with Gasteiger partial charge in [0.2, 0.25) is 5.91 Å². The lowest BCUT2D eigenvalue weighted by Gasteiger charge is -2.25. The van der Waals surface area contributed by atoms with E-state index >= 15 is 0 Å². The van der Waals surface area contributed by atoms with E-state index < -0.39 is 0 Å². The number of rotatable bonds is 3. The topological polar surface area (TPSA) is 71.2 Å². The summed E-state index contributed by atoms with van der Waals surface area (Å²) in [6.07, 6.45) is 1.87. The molecule has 1 aliphatic rings. The van der Waals surface area contributed by atoms with Gasteiger partial charge in [0.1, 0.15) is 11.9 Å². The number of hydrogen-bond acceptors (Lipinski definition) is 4. The normalized spacial score (nSPS) is 18.2. The zero-order chi connectivity index (χ0) is 14.8. The van der Waals surface area contributed by atoms with E-state index in [0.29, 0.717) is 6.54 Å². The molecule has 1 unspecified atom stereocenters. The SMILES string of the molecule is CNC(=O)C1CCCN1c1cc(CN)c2ccccc2n1. The van der Waals surface area contributed by atoms with Crippen molar-refractivity contribution in [3.8, 4) is 0 Å².